The van der Waals surface area contributed by atoms with Crippen molar-refractivity contribution in [2.24, 2.45) is 0 Å². The lowest BCUT2D eigenvalue weighted by molar-refractivity contribution is -0.143. The predicted molar refractivity (Wildman–Crippen MR) is 89.7 cm³/mol. The Hall–Kier alpha value is -2.83. The molecule has 0 aromatic heterocycles. The van der Waals surface area contributed by atoms with Crippen LogP contribution in [0.4, 0.5) is 0 Å². The number of likely N-dealkylation sites (N-methyl/N-ethyl adjacent to an activating group) is 1. The lowest BCUT2D eigenvalue weighted by Gasteiger charge is -2.31. The maximum Gasteiger partial charge on any atom is 0.339 e. The number of hydrogen-bond donors (Lipinski definition) is 0. The van der Waals surface area contributed by atoms with Gasteiger partial charge in [0.25, 0.3) is 5.91 Å². The summed E-state index contributed by atoms with van der Waals surface area (Å²) in [5.74, 6) is -1.61. The molecule has 2 rings (SSSR count). The first-order valence-electron chi connectivity index (χ1n) is 7.95. The van der Waals surface area contributed by atoms with Crippen LogP contribution >= 0.6 is 0 Å². The van der Waals surface area contributed by atoms with Gasteiger partial charge in [0, 0.05) is 18.7 Å². The third kappa shape index (κ3) is 3.35. The molecule has 0 saturated carbocycles. The van der Waals surface area contributed by atoms with Crippen molar-refractivity contribution >= 4 is 23.4 Å². The van der Waals surface area contributed by atoms with Gasteiger partial charge < -0.3 is 19.1 Å². The quantitative estimate of drug-likeness (QED) is 0.749. The number of amides is 1. The second kappa shape index (κ2) is 7.83. The van der Waals surface area contributed by atoms with Crippen molar-refractivity contribution in [1.82, 2.24) is 4.90 Å². The molecular weight excluding hydrogens is 326 g/mol. The van der Waals surface area contributed by atoms with Gasteiger partial charge in [-0.3, -0.25) is 4.79 Å². The first-order valence-corrected chi connectivity index (χ1v) is 7.95. The number of hydrogen-bond acceptors (Lipinski definition) is 6. The molecule has 1 aliphatic heterocycles. The van der Waals surface area contributed by atoms with Gasteiger partial charge >= 0.3 is 11.9 Å². The number of esters is 2. The zero-order valence-corrected chi connectivity index (χ0v) is 14.7. The Morgan fingerprint density at radius 3 is 2.20 bits per heavy atom. The average Bonchev–Trinajstić information content (AvgIpc) is 2.65. The highest BCUT2D eigenvalue weighted by Crippen LogP contribution is 2.37. The molecular formula is C18H21NO6. The number of methoxy groups -OCH3 is 2. The smallest absolute Gasteiger partial charge is 0.339 e. The van der Waals surface area contributed by atoms with E-state index in [2.05, 4.69) is 0 Å². The molecule has 0 aliphatic carbocycles. The Morgan fingerprint density at radius 2 is 1.64 bits per heavy atom. The molecule has 7 heteroatoms. The Labute approximate surface area is 146 Å². The Bertz CT molecular complexity index is 720. The second-order valence-corrected chi connectivity index (χ2v) is 5.28. The lowest BCUT2D eigenvalue weighted by atomic mass is 9.92. The molecule has 1 aliphatic rings. The second-order valence-electron chi connectivity index (χ2n) is 5.28. The van der Waals surface area contributed by atoms with Crippen molar-refractivity contribution in [2.75, 3.05) is 27.3 Å². The number of ether oxygens (including phenoxy) is 3. The molecule has 134 valence electrons. The summed E-state index contributed by atoms with van der Waals surface area (Å²) in [5, 5.41) is 0. The van der Waals surface area contributed by atoms with Gasteiger partial charge in [0.15, 0.2) is 0 Å². The molecule has 0 bridgehead atoms. The standard InChI is InChI=1S/C18H21NO6/c1-5-19(6-2)16(20)15-14(18(22)24-4)13(17(21)23-3)11-9-7-8-10-12(11)25-15/h7-10,15H,5-6H2,1-4H3. The van der Waals surface area contributed by atoms with E-state index in [9.17, 15) is 14.4 Å². The van der Waals surface area contributed by atoms with Crippen LogP contribution in [0.2, 0.25) is 0 Å². The molecule has 1 atom stereocenters. The molecule has 0 spiro atoms. The SMILES string of the molecule is CCN(CC)C(=O)C1Oc2ccccc2C(C(=O)OC)=C1C(=O)OC. The highest BCUT2D eigenvalue weighted by Gasteiger charge is 2.42. The van der Waals surface area contributed by atoms with Crippen molar-refractivity contribution in [3.05, 3.63) is 35.4 Å². The van der Waals surface area contributed by atoms with Crippen LogP contribution in [0.25, 0.3) is 5.57 Å². The van der Waals surface area contributed by atoms with E-state index in [-0.39, 0.29) is 11.1 Å². The van der Waals surface area contributed by atoms with E-state index < -0.39 is 23.9 Å². The molecule has 0 N–H and O–H groups in total. The van der Waals surface area contributed by atoms with Crippen LogP contribution < -0.4 is 4.74 Å². The fraction of sp³-hybridized carbons (Fsp3) is 0.389. The van der Waals surface area contributed by atoms with E-state index in [0.29, 0.717) is 24.4 Å². The highest BCUT2D eigenvalue weighted by atomic mass is 16.5. The van der Waals surface area contributed by atoms with E-state index in [1.165, 1.54) is 19.1 Å². The fourth-order valence-electron chi connectivity index (χ4n) is 2.75. The monoisotopic (exact) mass is 347 g/mol. The van der Waals surface area contributed by atoms with Crippen LogP contribution in [0, 0.1) is 0 Å². The normalized spacial score (nSPS) is 15.8. The molecule has 1 heterocycles. The molecule has 1 unspecified atom stereocenters. The number of carbonyl (C=O) groups is 3. The summed E-state index contributed by atoms with van der Waals surface area (Å²) in [5.41, 5.74) is 0.227. The van der Waals surface area contributed by atoms with Gasteiger partial charge in [-0.25, -0.2) is 9.59 Å². The number of carbonyl (C=O) groups excluding carboxylic acids is 3. The lowest BCUT2D eigenvalue weighted by Crippen LogP contribution is -2.46. The summed E-state index contributed by atoms with van der Waals surface area (Å²) in [6.45, 7) is 4.53. The third-order valence-electron chi connectivity index (χ3n) is 4.03. The molecule has 0 saturated heterocycles. The minimum Gasteiger partial charge on any atom is -0.475 e. The Morgan fingerprint density at radius 1 is 1.04 bits per heavy atom. The van der Waals surface area contributed by atoms with Crippen LogP contribution in [-0.2, 0) is 23.9 Å². The molecule has 0 radical (unpaired) electrons. The highest BCUT2D eigenvalue weighted by molar-refractivity contribution is 6.25. The zero-order chi connectivity index (χ0) is 18.6. The molecule has 1 aromatic rings. The van der Waals surface area contributed by atoms with Gasteiger partial charge in [0.1, 0.15) is 11.3 Å². The van der Waals surface area contributed by atoms with Gasteiger partial charge in [-0.2, -0.15) is 0 Å². The zero-order valence-electron chi connectivity index (χ0n) is 14.7. The Balaban J connectivity index is 2.70. The van der Waals surface area contributed by atoms with Crippen LogP contribution in [0.3, 0.4) is 0 Å². The van der Waals surface area contributed by atoms with E-state index in [4.69, 9.17) is 14.2 Å². The number of rotatable bonds is 5. The largest absolute Gasteiger partial charge is 0.475 e. The summed E-state index contributed by atoms with van der Waals surface area (Å²) in [6.07, 6.45) is -1.27. The van der Waals surface area contributed by atoms with Crippen LogP contribution in [0.15, 0.2) is 29.8 Å². The third-order valence-corrected chi connectivity index (χ3v) is 4.03. The topological polar surface area (TPSA) is 82.1 Å². The van der Waals surface area contributed by atoms with Crippen molar-refractivity contribution in [1.29, 1.82) is 0 Å². The fourth-order valence-corrected chi connectivity index (χ4v) is 2.75. The van der Waals surface area contributed by atoms with E-state index in [0.717, 1.165) is 0 Å². The number of benzene rings is 1. The maximum atomic E-state index is 12.9. The molecule has 1 aromatic carbocycles. The summed E-state index contributed by atoms with van der Waals surface area (Å²) < 4.78 is 15.4. The number of para-hydroxylation sites is 1. The van der Waals surface area contributed by atoms with Crippen LogP contribution in [-0.4, -0.2) is 56.2 Å². The molecule has 25 heavy (non-hydrogen) atoms. The van der Waals surface area contributed by atoms with Crippen LogP contribution in [0.5, 0.6) is 5.75 Å². The van der Waals surface area contributed by atoms with E-state index in [1.807, 2.05) is 13.8 Å². The van der Waals surface area contributed by atoms with Gasteiger partial charge in [-0.05, 0) is 19.9 Å². The van der Waals surface area contributed by atoms with Crippen molar-refractivity contribution in [3.63, 3.8) is 0 Å². The molecule has 7 nitrogen and oxygen atoms in total. The van der Waals surface area contributed by atoms with E-state index in [1.54, 1.807) is 24.3 Å². The first kappa shape index (κ1) is 18.5. The summed E-state index contributed by atoms with van der Waals surface area (Å²) in [7, 11) is 2.40. The minimum atomic E-state index is -1.27. The van der Waals surface area contributed by atoms with Gasteiger partial charge in [0.05, 0.1) is 19.8 Å². The van der Waals surface area contributed by atoms with Crippen molar-refractivity contribution < 1.29 is 28.6 Å². The average molecular weight is 347 g/mol. The summed E-state index contributed by atoms with van der Waals surface area (Å²) >= 11 is 0. The van der Waals surface area contributed by atoms with Crippen molar-refractivity contribution in [3.8, 4) is 5.75 Å². The number of nitrogens with zero attached hydrogens (tertiary/aromatic N) is 1. The minimum absolute atomic E-state index is 0.0123. The van der Waals surface area contributed by atoms with E-state index >= 15 is 0 Å². The summed E-state index contributed by atoms with van der Waals surface area (Å²) in [4.78, 5) is 39.1. The Kier molecular flexibility index (Phi) is 5.80. The molecule has 1 amide bonds. The van der Waals surface area contributed by atoms with Crippen LogP contribution in [0.1, 0.15) is 19.4 Å². The first-order chi connectivity index (χ1) is 12.0. The van der Waals surface area contributed by atoms with Gasteiger partial charge in [-0.15, -0.1) is 0 Å². The maximum absolute atomic E-state index is 12.9. The van der Waals surface area contributed by atoms with Gasteiger partial charge in [0.2, 0.25) is 6.10 Å². The number of fused-ring (bicyclic) bond motifs is 1. The molecule has 0 fully saturated rings. The predicted octanol–water partition coefficient (Wildman–Crippen LogP) is 1.42. The summed E-state index contributed by atoms with van der Waals surface area (Å²) in [6, 6.07) is 6.68. The van der Waals surface area contributed by atoms with Gasteiger partial charge in [-0.1, -0.05) is 18.2 Å². The van der Waals surface area contributed by atoms with Crippen molar-refractivity contribution in [2.45, 2.75) is 20.0 Å².